The van der Waals surface area contributed by atoms with Crippen LogP contribution in [0.25, 0.3) is 0 Å². The van der Waals surface area contributed by atoms with Gasteiger partial charge in [0, 0.05) is 18.3 Å². The second-order valence-corrected chi connectivity index (χ2v) is 8.79. The number of nitrogens with zero attached hydrogens (tertiary/aromatic N) is 1. The van der Waals surface area contributed by atoms with E-state index in [9.17, 15) is 9.59 Å². The van der Waals surface area contributed by atoms with Crippen LogP contribution in [0.2, 0.25) is 0 Å². The van der Waals surface area contributed by atoms with E-state index in [4.69, 9.17) is 0 Å². The van der Waals surface area contributed by atoms with E-state index in [-0.39, 0.29) is 5.91 Å². The summed E-state index contributed by atoms with van der Waals surface area (Å²) >= 11 is 0. The molecule has 1 aromatic carbocycles. The summed E-state index contributed by atoms with van der Waals surface area (Å²) in [7, 11) is 0. The molecule has 2 aliphatic rings. The average molecular weight is 403 g/mol. The van der Waals surface area contributed by atoms with Crippen LogP contribution >= 0.6 is 0 Å². The summed E-state index contributed by atoms with van der Waals surface area (Å²) in [6, 6.07) is 6.45. The molecule has 2 amide bonds. The quantitative estimate of drug-likeness (QED) is 0.618. The normalized spacial score (nSPS) is 24.9. The van der Waals surface area contributed by atoms with Crippen LogP contribution < -0.4 is 15.1 Å². The number of piperidine rings is 1. The minimum atomic E-state index is 0.0762. The maximum absolute atomic E-state index is 12.8. The molecule has 2 saturated heterocycles. The minimum Gasteiger partial charge on any atom is -0.335 e. The molecule has 0 aromatic heterocycles. The maximum atomic E-state index is 12.8. The number of carbonyl (C=O) groups is 2. The lowest BCUT2D eigenvalue weighted by Gasteiger charge is -2.36. The number of rotatable bonds is 6. The molecule has 0 spiro atoms. The zero-order valence-corrected chi connectivity index (χ0v) is 18.4. The smallest absolute Gasteiger partial charge is 0.279 e. The Bertz CT molecular complexity index is 713. The maximum Gasteiger partial charge on any atom is 0.279 e. The number of carbonyl (C=O) groups excluding carboxylic acids is 2. The molecule has 0 unspecified atom stereocenters. The van der Waals surface area contributed by atoms with E-state index >= 15 is 0 Å². The molecule has 1 atom stereocenters. The van der Waals surface area contributed by atoms with Gasteiger partial charge in [0.05, 0.1) is 0 Å². The molecular formula is C23H38N4O2+2. The van der Waals surface area contributed by atoms with Crippen LogP contribution in [-0.4, -0.2) is 68.6 Å². The molecule has 0 saturated carbocycles. The van der Waals surface area contributed by atoms with Crippen molar-refractivity contribution in [3.05, 3.63) is 29.3 Å². The molecule has 2 heterocycles. The highest BCUT2D eigenvalue weighted by atomic mass is 16.2. The number of likely N-dealkylation sites (tertiary alicyclic amines) is 1. The Morgan fingerprint density at radius 1 is 1.07 bits per heavy atom. The number of anilines is 1. The Balaban J connectivity index is 1.42. The summed E-state index contributed by atoms with van der Waals surface area (Å²) < 4.78 is 0. The van der Waals surface area contributed by atoms with E-state index in [0.29, 0.717) is 25.0 Å². The van der Waals surface area contributed by atoms with Crippen molar-refractivity contribution in [3.63, 3.8) is 0 Å². The van der Waals surface area contributed by atoms with Gasteiger partial charge in [-0.2, -0.15) is 0 Å². The molecule has 2 aliphatic heterocycles. The van der Waals surface area contributed by atoms with E-state index in [0.717, 1.165) is 63.2 Å². The summed E-state index contributed by atoms with van der Waals surface area (Å²) in [4.78, 5) is 30.1. The molecular weight excluding hydrogens is 364 g/mol. The number of aryl methyl sites for hydroxylation is 1. The van der Waals surface area contributed by atoms with Crippen LogP contribution in [0.5, 0.6) is 0 Å². The first kappa shape index (κ1) is 21.8. The predicted octanol–water partition coefficient (Wildman–Crippen LogP) is -0.184. The van der Waals surface area contributed by atoms with Gasteiger partial charge < -0.3 is 20.0 Å². The first-order valence-corrected chi connectivity index (χ1v) is 11.3. The van der Waals surface area contributed by atoms with Crippen LogP contribution in [0, 0.1) is 13.8 Å². The van der Waals surface area contributed by atoms with Crippen LogP contribution in [0.1, 0.15) is 43.7 Å². The third-order valence-corrected chi connectivity index (χ3v) is 6.77. The van der Waals surface area contributed by atoms with Crippen molar-refractivity contribution in [2.75, 3.05) is 51.1 Å². The van der Waals surface area contributed by atoms with Gasteiger partial charge >= 0.3 is 0 Å². The lowest BCUT2D eigenvalue weighted by atomic mass is 10.00. The van der Waals surface area contributed by atoms with Crippen molar-refractivity contribution in [2.24, 2.45) is 0 Å². The standard InChI is InChI=1S/C23H36N4O2/c1-4-20-9-5-6-11-27(20)23(29)17-26-14-12-25(13-15-26)16-22(28)24-21-10-7-8-18(2)19(21)3/h7-8,10,20H,4-6,9,11-17H2,1-3H3,(H,24,28)/p+2/t20-/m0/s1. The number of hydrogen-bond acceptors (Lipinski definition) is 2. The number of piperazine rings is 1. The first-order valence-electron chi connectivity index (χ1n) is 11.3. The van der Waals surface area contributed by atoms with Gasteiger partial charge in [-0.3, -0.25) is 9.59 Å². The molecule has 0 radical (unpaired) electrons. The van der Waals surface area contributed by atoms with E-state index in [1.54, 1.807) is 0 Å². The molecule has 6 heteroatoms. The van der Waals surface area contributed by atoms with Crippen molar-refractivity contribution in [2.45, 2.75) is 52.5 Å². The highest BCUT2D eigenvalue weighted by Gasteiger charge is 2.31. The third-order valence-electron chi connectivity index (χ3n) is 6.77. The van der Waals surface area contributed by atoms with Crippen molar-refractivity contribution < 1.29 is 19.4 Å². The summed E-state index contributed by atoms with van der Waals surface area (Å²) in [5.41, 5.74) is 3.24. The Hall–Kier alpha value is -1.92. The fraction of sp³-hybridized carbons (Fsp3) is 0.652. The molecule has 0 aliphatic carbocycles. The lowest BCUT2D eigenvalue weighted by Crippen LogP contribution is -3.28. The SMILES string of the molecule is CC[C@H]1CCCCN1C(=O)C[NH+]1CC[NH+](CC(=O)Nc2cccc(C)c2C)CC1. The number of benzene rings is 1. The Labute approximate surface area is 175 Å². The van der Waals surface area contributed by atoms with Crippen LogP contribution in [0.3, 0.4) is 0 Å². The van der Waals surface area contributed by atoms with E-state index in [1.165, 1.54) is 21.8 Å². The second-order valence-electron chi connectivity index (χ2n) is 8.79. The second kappa shape index (κ2) is 10.2. The molecule has 0 bridgehead atoms. The first-order chi connectivity index (χ1) is 14.0. The lowest BCUT2D eigenvalue weighted by molar-refractivity contribution is -1.00. The van der Waals surface area contributed by atoms with Gasteiger partial charge in [-0.1, -0.05) is 19.1 Å². The van der Waals surface area contributed by atoms with Crippen molar-refractivity contribution >= 4 is 17.5 Å². The number of hydrogen-bond donors (Lipinski definition) is 3. The third kappa shape index (κ3) is 5.80. The monoisotopic (exact) mass is 402 g/mol. The highest BCUT2D eigenvalue weighted by Crippen LogP contribution is 2.19. The average Bonchev–Trinajstić information content (AvgIpc) is 2.72. The Kier molecular flexibility index (Phi) is 7.67. The predicted molar refractivity (Wildman–Crippen MR) is 115 cm³/mol. The largest absolute Gasteiger partial charge is 0.335 e. The Morgan fingerprint density at radius 2 is 1.76 bits per heavy atom. The number of quaternary nitrogens is 2. The molecule has 1 aromatic rings. The number of nitrogens with one attached hydrogen (secondary N) is 3. The summed E-state index contributed by atoms with van der Waals surface area (Å²) in [5, 5.41) is 3.07. The molecule has 6 nitrogen and oxygen atoms in total. The molecule has 2 fully saturated rings. The number of amides is 2. The van der Waals surface area contributed by atoms with E-state index in [2.05, 4.69) is 30.1 Å². The molecule has 160 valence electrons. The van der Waals surface area contributed by atoms with Gasteiger partial charge in [-0.05, 0) is 56.7 Å². The zero-order chi connectivity index (χ0) is 20.8. The summed E-state index contributed by atoms with van der Waals surface area (Å²) in [6.45, 7) is 12.1. The van der Waals surface area contributed by atoms with Crippen molar-refractivity contribution in [3.8, 4) is 0 Å². The zero-order valence-electron chi connectivity index (χ0n) is 18.4. The topological polar surface area (TPSA) is 58.3 Å². The van der Waals surface area contributed by atoms with Crippen LogP contribution in [-0.2, 0) is 9.59 Å². The van der Waals surface area contributed by atoms with Crippen LogP contribution in [0.15, 0.2) is 18.2 Å². The summed E-state index contributed by atoms with van der Waals surface area (Å²) in [6.07, 6.45) is 4.62. The van der Waals surface area contributed by atoms with Gasteiger partial charge in [0.2, 0.25) is 0 Å². The molecule has 3 rings (SSSR count). The fourth-order valence-electron chi connectivity index (χ4n) is 4.69. The molecule has 29 heavy (non-hydrogen) atoms. The molecule has 3 N–H and O–H groups in total. The van der Waals surface area contributed by atoms with Crippen molar-refractivity contribution in [1.82, 2.24) is 4.90 Å². The van der Waals surface area contributed by atoms with E-state index < -0.39 is 0 Å². The summed E-state index contributed by atoms with van der Waals surface area (Å²) in [5.74, 6) is 0.398. The Morgan fingerprint density at radius 3 is 2.45 bits per heavy atom. The van der Waals surface area contributed by atoms with Gasteiger partial charge in [-0.15, -0.1) is 0 Å². The van der Waals surface area contributed by atoms with Gasteiger partial charge in [-0.25, -0.2) is 0 Å². The van der Waals surface area contributed by atoms with Crippen LogP contribution in [0.4, 0.5) is 5.69 Å². The van der Waals surface area contributed by atoms with Gasteiger partial charge in [0.25, 0.3) is 11.8 Å². The van der Waals surface area contributed by atoms with Gasteiger partial charge in [0.1, 0.15) is 26.2 Å². The minimum absolute atomic E-state index is 0.0762. The highest BCUT2D eigenvalue weighted by molar-refractivity contribution is 5.92. The van der Waals surface area contributed by atoms with Crippen molar-refractivity contribution in [1.29, 1.82) is 0 Å². The fourth-order valence-corrected chi connectivity index (χ4v) is 4.69. The van der Waals surface area contributed by atoms with E-state index in [1.807, 2.05) is 19.1 Å². The van der Waals surface area contributed by atoms with Gasteiger partial charge in [0.15, 0.2) is 13.1 Å².